The minimum absolute atomic E-state index is 0.716. The zero-order valence-corrected chi connectivity index (χ0v) is 32.1. The fourth-order valence-electron chi connectivity index (χ4n) is 6.82. The molecule has 8 rings (SSSR count). The molecule has 0 saturated heterocycles. The van der Waals surface area contributed by atoms with E-state index in [-0.39, 0.29) is 0 Å². The van der Waals surface area contributed by atoms with Crippen molar-refractivity contribution in [2.24, 2.45) is 21.1 Å². The van der Waals surface area contributed by atoms with Crippen LogP contribution in [0.1, 0.15) is 88.3 Å². The molecule has 56 heavy (non-hydrogen) atoms. The first-order valence-electron chi connectivity index (χ1n) is 19.0. The van der Waals surface area contributed by atoms with Crippen LogP contribution in [0.5, 0.6) is 0 Å². The van der Waals surface area contributed by atoms with Crippen molar-refractivity contribution in [2.75, 3.05) is 0 Å². The molecule has 0 radical (unpaired) electrons. The average Bonchev–Trinajstić information content (AvgIpc) is 4.05. The lowest BCUT2D eigenvalue weighted by atomic mass is 10.1. The number of pyridine rings is 3. The van der Waals surface area contributed by atoms with Crippen molar-refractivity contribution < 1.29 is 13.7 Å². The van der Waals surface area contributed by atoms with Crippen molar-refractivity contribution in [3.05, 3.63) is 160 Å². The third-order valence-electron chi connectivity index (χ3n) is 10.0. The van der Waals surface area contributed by atoms with Crippen LogP contribution in [0.4, 0.5) is 0 Å². The molecule has 6 aromatic heterocycles. The molecular formula is C49H42N7+3. The summed E-state index contributed by atoms with van der Waals surface area (Å²) in [4.78, 5) is 18.0. The molecule has 0 spiro atoms. The highest BCUT2D eigenvalue weighted by molar-refractivity contribution is 5.86. The number of hydrogen-bond acceptors (Lipinski definition) is 2. The maximum atomic E-state index is 5.23. The largest absolute Gasteiger partial charge is 0.354 e. The topological polar surface area (TPSA) is 69.0 Å². The molecule has 7 nitrogen and oxygen atoms in total. The van der Waals surface area contributed by atoms with E-state index in [1.54, 1.807) is 0 Å². The Morgan fingerprint density at radius 2 is 0.857 bits per heavy atom. The van der Waals surface area contributed by atoms with Crippen LogP contribution in [0.2, 0.25) is 0 Å². The van der Waals surface area contributed by atoms with E-state index in [9.17, 15) is 0 Å². The molecule has 270 valence electrons. The standard InChI is InChI=1S/C49H41N7/c1-5-6-7-17-38-42-24-26-44(50-42)39(21-18-35-14-8-11-32-54(35)2)46-28-30-48(52-46)41(23-20-37-16-10-13-34-56(37)4)49-31-29-47(53-49)40(45-27-25-43(38)51-45)22-19-36-15-9-12-33-55(36)3/h8-16,24-34H,5-7,17H2,1-4H3,(H,50,51,52,53)/q+2/p+1. The second kappa shape index (κ2) is 16.0. The fraction of sp³-hybridized carbons (Fsp3) is 0.163. The van der Waals surface area contributed by atoms with Crippen LogP contribution in [-0.2, 0) is 27.6 Å². The average molecular weight is 729 g/mol. The highest BCUT2D eigenvalue weighted by Gasteiger charge is 2.16. The van der Waals surface area contributed by atoms with Gasteiger partial charge in [0.2, 0.25) is 0 Å². The number of nitrogens with one attached hydrogen (secondary N) is 2. The van der Waals surface area contributed by atoms with Crippen LogP contribution in [0.3, 0.4) is 0 Å². The summed E-state index contributed by atoms with van der Waals surface area (Å²) in [6.45, 7) is 2.24. The number of aryl methyl sites for hydroxylation is 4. The molecule has 6 aromatic rings. The highest BCUT2D eigenvalue weighted by atomic mass is 14.9. The molecule has 0 aromatic carbocycles. The summed E-state index contributed by atoms with van der Waals surface area (Å²) >= 11 is 0. The van der Waals surface area contributed by atoms with E-state index in [4.69, 9.17) is 9.97 Å². The smallest absolute Gasteiger partial charge is 0.256 e. The zero-order valence-electron chi connectivity index (χ0n) is 32.1. The third-order valence-corrected chi connectivity index (χ3v) is 10.0. The molecule has 8 heterocycles. The molecule has 0 saturated carbocycles. The van der Waals surface area contributed by atoms with Gasteiger partial charge in [0.1, 0.15) is 21.1 Å². The quantitative estimate of drug-likeness (QED) is 0.116. The Morgan fingerprint density at radius 1 is 0.464 bits per heavy atom. The first-order chi connectivity index (χ1) is 27.4. The lowest BCUT2D eigenvalue weighted by molar-refractivity contribution is -0.674. The number of hydrogen-bond donors (Lipinski definition) is 2. The van der Waals surface area contributed by atoms with Gasteiger partial charge < -0.3 is 9.97 Å². The van der Waals surface area contributed by atoms with Gasteiger partial charge in [-0.1, -0.05) is 37.5 Å². The van der Waals surface area contributed by atoms with Gasteiger partial charge in [-0.15, -0.1) is 0 Å². The number of aromatic amines is 2. The van der Waals surface area contributed by atoms with Gasteiger partial charge in [0.15, 0.2) is 18.6 Å². The number of unbranched alkanes of at least 4 members (excludes halogenated alkanes) is 2. The molecule has 8 bridgehead atoms. The van der Waals surface area contributed by atoms with E-state index >= 15 is 0 Å². The molecule has 0 amide bonds. The van der Waals surface area contributed by atoms with E-state index < -0.39 is 0 Å². The van der Waals surface area contributed by atoms with Crippen LogP contribution in [0.15, 0.2) is 97.5 Å². The number of nitrogens with zero attached hydrogens (tertiary/aromatic N) is 5. The predicted octanol–water partition coefficient (Wildman–Crippen LogP) is 7.06. The van der Waals surface area contributed by atoms with Crippen LogP contribution < -0.4 is 13.7 Å². The van der Waals surface area contributed by atoms with Crippen LogP contribution >= 0.6 is 0 Å². The summed E-state index contributed by atoms with van der Waals surface area (Å²) in [5.74, 6) is 20.7. The molecule has 0 fully saturated rings. The maximum Gasteiger partial charge on any atom is 0.256 e. The predicted molar refractivity (Wildman–Crippen MR) is 223 cm³/mol. The molecule has 2 aliphatic rings. The Kier molecular flexibility index (Phi) is 10.2. The van der Waals surface area contributed by atoms with Crippen LogP contribution in [0.25, 0.3) is 46.4 Å². The Labute approximate surface area is 327 Å². The molecular weight excluding hydrogens is 687 g/mol. The second-order valence-electron chi connectivity index (χ2n) is 13.9. The number of H-pyrrole nitrogens is 2. The molecule has 0 unspecified atom stereocenters. The lowest BCUT2D eigenvalue weighted by Gasteiger charge is -2.02. The normalized spacial score (nSPS) is 11.3. The number of fused-ring (bicyclic) bond motifs is 8. The number of rotatable bonds is 4. The third kappa shape index (κ3) is 7.56. The Balaban J connectivity index is 1.47. The molecule has 2 aliphatic heterocycles. The van der Waals surface area contributed by atoms with Gasteiger partial charge in [0, 0.05) is 65.2 Å². The van der Waals surface area contributed by atoms with E-state index in [1.165, 1.54) is 5.56 Å². The van der Waals surface area contributed by atoms with E-state index in [2.05, 4.69) is 76.7 Å². The molecule has 7 heteroatoms. The van der Waals surface area contributed by atoms with Crippen molar-refractivity contribution in [3.8, 4) is 35.5 Å². The SMILES string of the molecule is CCCCCc1c2ccc([nH]2)c(C#Cc2cccc[n+]2C)c2nc(c(C#Cc3cccc[n+]3C)c3nc(c(C#Cc4cccc[n+]4C)c4ccc1[nH]4)C=C3)C=C2. The summed E-state index contributed by atoms with van der Waals surface area (Å²) in [5, 5.41) is 0. The van der Waals surface area contributed by atoms with Crippen molar-refractivity contribution >= 4 is 46.4 Å². The summed E-state index contributed by atoms with van der Waals surface area (Å²) in [6, 6.07) is 26.6. The summed E-state index contributed by atoms with van der Waals surface area (Å²) in [7, 11) is 6.00. The Hall–Kier alpha value is -7.27. The van der Waals surface area contributed by atoms with Gasteiger partial charge in [-0.25, -0.2) is 9.97 Å². The zero-order chi connectivity index (χ0) is 38.4. The Bertz CT molecular complexity index is 2780. The van der Waals surface area contributed by atoms with Crippen molar-refractivity contribution in [2.45, 2.75) is 32.6 Å². The molecule has 0 aliphatic carbocycles. The van der Waals surface area contributed by atoms with E-state index in [0.717, 1.165) is 98.7 Å². The van der Waals surface area contributed by atoms with Gasteiger partial charge in [-0.3, -0.25) is 0 Å². The van der Waals surface area contributed by atoms with Gasteiger partial charge in [-0.2, -0.15) is 13.7 Å². The van der Waals surface area contributed by atoms with Crippen molar-refractivity contribution in [3.63, 3.8) is 0 Å². The lowest BCUT2D eigenvalue weighted by Crippen LogP contribution is -2.31. The summed E-state index contributed by atoms with van der Waals surface area (Å²) < 4.78 is 6.05. The van der Waals surface area contributed by atoms with Gasteiger partial charge in [-0.05, 0) is 85.2 Å². The van der Waals surface area contributed by atoms with Gasteiger partial charge >= 0.3 is 0 Å². The van der Waals surface area contributed by atoms with Gasteiger partial charge in [0.05, 0.1) is 50.5 Å². The van der Waals surface area contributed by atoms with E-state index in [1.807, 2.05) is 132 Å². The minimum atomic E-state index is 0.716. The van der Waals surface area contributed by atoms with E-state index in [0.29, 0.717) is 5.56 Å². The molecule has 0 atom stereocenters. The van der Waals surface area contributed by atoms with Crippen molar-refractivity contribution in [1.29, 1.82) is 0 Å². The highest BCUT2D eigenvalue weighted by Crippen LogP contribution is 2.27. The summed E-state index contributed by atoms with van der Waals surface area (Å²) in [5.41, 5.74) is 13.0. The van der Waals surface area contributed by atoms with Crippen molar-refractivity contribution in [1.82, 2.24) is 19.9 Å². The summed E-state index contributed by atoms with van der Waals surface area (Å²) in [6.07, 6.45) is 18.4. The Morgan fingerprint density at radius 3 is 1.27 bits per heavy atom. The van der Waals surface area contributed by atoms with Crippen LogP contribution in [0, 0.1) is 35.5 Å². The first-order valence-corrected chi connectivity index (χ1v) is 19.0. The fourth-order valence-corrected chi connectivity index (χ4v) is 6.82. The number of aromatic nitrogens is 7. The first kappa shape index (κ1) is 35.7. The second-order valence-corrected chi connectivity index (χ2v) is 13.9. The monoisotopic (exact) mass is 728 g/mol. The maximum absolute atomic E-state index is 5.23. The van der Waals surface area contributed by atoms with Crippen LogP contribution in [-0.4, -0.2) is 19.9 Å². The van der Waals surface area contributed by atoms with Gasteiger partial charge in [0.25, 0.3) is 17.1 Å². The molecule has 2 N–H and O–H groups in total. The minimum Gasteiger partial charge on any atom is -0.354 e.